The van der Waals surface area contributed by atoms with Gasteiger partial charge in [0.2, 0.25) is 0 Å². The normalized spacial score (nSPS) is 13.2. The third-order valence-corrected chi connectivity index (χ3v) is 13.0. The monoisotopic (exact) mass is 1090 g/mol. The Kier molecular flexibility index (Phi) is 61.4. The van der Waals surface area contributed by atoms with E-state index in [1.165, 1.54) is 77.0 Å². The number of hydrogen-bond donors (Lipinski definition) is 0. The zero-order chi connectivity index (χ0) is 57.1. The van der Waals surface area contributed by atoms with Gasteiger partial charge in [-0.1, -0.05) is 256 Å². The number of esters is 3. The number of hydrogen-bond acceptors (Lipinski definition) is 6. The van der Waals surface area contributed by atoms with Gasteiger partial charge in [0.1, 0.15) is 13.2 Å². The van der Waals surface area contributed by atoms with Crippen molar-refractivity contribution in [3.63, 3.8) is 0 Å². The number of carbonyl (C=O) groups excluding carboxylic acids is 3. The maximum Gasteiger partial charge on any atom is 0.306 e. The molecule has 0 spiro atoms. The van der Waals surface area contributed by atoms with Gasteiger partial charge < -0.3 is 14.2 Å². The molecule has 0 fully saturated rings. The van der Waals surface area contributed by atoms with E-state index in [4.69, 9.17) is 14.2 Å². The van der Waals surface area contributed by atoms with Gasteiger partial charge in [-0.15, -0.1) is 0 Å². The predicted octanol–water partition coefficient (Wildman–Crippen LogP) is 22.1. The molecule has 0 saturated heterocycles. The molecule has 6 heteroatoms. The second-order valence-electron chi connectivity index (χ2n) is 20.5. The minimum atomic E-state index is -0.813. The van der Waals surface area contributed by atoms with E-state index in [0.29, 0.717) is 25.7 Å². The fourth-order valence-electron chi connectivity index (χ4n) is 8.27. The molecule has 1 unspecified atom stereocenters. The van der Waals surface area contributed by atoms with E-state index in [2.05, 4.69) is 179 Å². The summed E-state index contributed by atoms with van der Waals surface area (Å²) in [5.74, 6) is -0.970. The first-order chi connectivity index (χ1) is 39.0. The molecule has 0 heterocycles. The fourth-order valence-corrected chi connectivity index (χ4v) is 8.27. The number of unbranched alkanes of at least 4 members (excludes halogenated alkanes) is 19. The van der Waals surface area contributed by atoms with E-state index >= 15 is 0 Å². The summed E-state index contributed by atoms with van der Waals surface area (Å²) < 4.78 is 16.9. The number of ether oxygens (including phenoxy) is 3. The van der Waals surface area contributed by atoms with E-state index < -0.39 is 6.10 Å². The molecule has 0 aliphatic carbocycles. The number of allylic oxidation sites excluding steroid dienone is 26. The molecule has 0 N–H and O–H groups in total. The van der Waals surface area contributed by atoms with Crippen LogP contribution in [0.4, 0.5) is 0 Å². The summed E-state index contributed by atoms with van der Waals surface area (Å²) in [5.41, 5.74) is 0. The van der Waals surface area contributed by atoms with E-state index in [-0.39, 0.29) is 31.1 Å². The minimum absolute atomic E-state index is 0.107. The van der Waals surface area contributed by atoms with Gasteiger partial charge in [0, 0.05) is 19.3 Å². The van der Waals surface area contributed by atoms with Crippen molar-refractivity contribution in [1.29, 1.82) is 0 Å². The molecule has 0 amide bonds. The Morgan fingerprint density at radius 3 is 0.797 bits per heavy atom. The number of carbonyl (C=O) groups is 3. The molecule has 0 aromatic heterocycles. The molecule has 0 aromatic carbocycles. The van der Waals surface area contributed by atoms with Crippen LogP contribution >= 0.6 is 0 Å². The Morgan fingerprint density at radius 1 is 0.266 bits per heavy atom. The Hall–Kier alpha value is -4.97. The van der Waals surface area contributed by atoms with E-state index in [1.807, 2.05) is 0 Å². The van der Waals surface area contributed by atoms with Crippen LogP contribution in [-0.2, 0) is 28.6 Å². The first kappa shape index (κ1) is 74.0. The van der Waals surface area contributed by atoms with Crippen molar-refractivity contribution in [3.8, 4) is 0 Å². The highest BCUT2D eigenvalue weighted by Gasteiger charge is 2.19. The average Bonchev–Trinajstić information content (AvgIpc) is 3.45. The lowest BCUT2D eigenvalue weighted by Gasteiger charge is -2.18. The molecule has 0 saturated carbocycles. The molecular weight excluding hydrogens is 973 g/mol. The van der Waals surface area contributed by atoms with Crippen molar-refractivity contribution >= 4 is 17.9 Å². The van der Waals surface area contributed by atoms with Gasteiger partial charge in [0.05, 0.1) is 0 Å². The van der Waals surface area contributed by atoms with Crippen LogP contribution in [0, 0.1) is 0 Å². The molecule has 0 aliphatic heterocycles. The summed E-state index contributed by atoms with van der Waals surface area (Å²) in [6, 6.07) is 0. The molecule has 79 heavy (non-hydrogen) atoms. The Labute approximate surface area is 486 Å². The highest BCUT2D eigenvalue weighted by atomic mass is 16.6. The van der Waals surface area contributed by atoms with Gasteiger partial charge in [-0.05, 0) is 148 Å². The molecule has 444 valence electrons. The summed E-state index contributed by atoms with van der Waals surface area (Å²) in [5, 5.41) is 0. The lowest BCUT2D eigenvalue weighted by atomic mass is 10.1. The van der Waals surface area contributed by atoms with Gasteiger partial charge in [0.15, 0.2) is 6.10 Å². The highest BCUT2D eigenvalue weighted by molar-refractivity contribution is 5.71. The van der Waals surface area contributed by atoms with E-state index in [0.717, 1.165) is 141 Å². The topological polar surface area (TPSA) is 78.9 Å². The van der Waals surface area contributed by atoms with Crippen molar-refractivity contribution in [2.45, 2.75) is 271 Å². The van der Waals surface area contributed by atoms with Crippen molar-refractivity contribution in [2.75, 3.05) is 13.2 Å². The lowest BCUT2D eigenvalue weighted by molar-refractivity contribution is -0.167. The molecule has 0 bridgehead atoms. The van der Waals surface area contributed by atoms with Crippen LogP contribution in [0.5, 0.6) is 0 Å². The van der Waals surface area contributed by atoms with Crippen LogP contribution in [0.3, 0.4) is 0 Å². The zero-order valence-corrected chi connectivity index (χ0v) is 50.8. The molecule has 0 radical (unpaired) electrons. The van der Waals surface area contributed by atoms with Crippen LogP contribution in [-0.4, -0.2) is 37.2 Å². The molecule has 0 rings (SSSR count). The highest BCUT2D eigenvalue weighted by Crippen LogP contribution is 2.14. The predicted molar refractivity (Wildman–Crippen MR) is 343 cm³/mol. The Balaban J connectivity index is 4.42. The lowest BCUT2D eigenvalue weighted by Crippen LogP contribution is -2.30. The van der Waals surface area contributed by atoms with Crippen molar-refractivity contribution in [3.05, 3.63) is 158 Å². The van der Waals surface area contributed by atoms with Crippen LogP contribution in [0.25, 0.3) is 0 Å². The first-order valence-corrected chi connectivity index (χ1v) is 32.0. The van der Waals surface area contributed by atoms with Gasteiger partial charge in [-0.25, -0.2) is 0 Å². The van der Waals surface area contributed by atoms with Gasteiger partial charge in [0.25, 0.3) is 0 Å². The van der Waals surface area contributed by atoms with Gasteiger partial charge >= 0.3 is 17.9 Å². The maximum absolute atomic E-state index is 12.9. The second-order valence-corrected chi connectivity index (χ2v) is 20.5. The molecule has 6 nitrogen and oxygen atoms in total. The van der Waals surface area contributed by atoms with Crippen molar-refractivity contribution in [2.24, 2.45) is 0 Å². The minimum Gasteiger partial charge on any atom is -0.462 e. The number of rotatable bonds is 56. The summed E-state index contributed by atoms with van der Waals surface area (Å²) in [7, 11) is 0. The molecular formula is C73H116O6. The fraction of sp³-hybridized carbons (Fsp3) is 0.603. The Bertz CT molecular complexity index is 1780. The summed E-state index contributed by atoms with van der Waals surface area (Å²) in [6.45, 7) is 6.33. The zero-order valence-electron chi connectivity index (χ0n) is 50.8. The summed E-state index contributed by atoms with van der Waals surface area (Å²) in [6.07, 6.45) is 95.3. The molecule has 1 atom stereocenters. The maximum atomic E-state index is 12.9. The third kappa shape index (κ3) is 63.7. The summed E-state index contributed by atoms with van der Waals surface area (Å²) >= 11 is 0. The molecule has 0 aromatic rings. The van der Waals surface area contributed by atoms with Crippen LogP contribution in [0.1, 0.15) is 265 Å². The van der Waals surface area contributed by atoms with Crippen molar-refractivity contribution < 1.29 is 28.6 Å². The quantitative estimate of drug-likeness (QED) is 0.0261. The molecule has 0 aliphatic rings. The van der Waals surface area contributed by atoms with Crippen LogP contribution in [0.2, 0.25) is 0 Å². The second kappa shape index (κ2) is 65.5. The van der Waals surface area contributed by atoms with E-state index in [9.17, 15) is 14.4 Å². The first-order valence-electron chi connectivity index (χ1n) is 32.0. The standard InChI is InChI=1S/C73H116O6/c1-4-7-10-13-16-19-22-25-28-30-31-32-33-34-35-36-37-38-39-40-41-43-45-48-51-54-57-60-63-66-72(75)78-69-70(68-77-71(74)65-62-59-56-53-50-47-44-27-24-21-18-15-12-9-6-3)79-73(76)67-64-61-58-55-52-49-46-42-29-26-23-20-17-14-11-8-5-2/h7,9-10,12,16-21,25-29,31-32,34-35,37-38,40-41,44,50,53,70H,4-6,8,11,13-15,22-24,30,33,36,39,42-43,45-49,51-52,54-69H2,1-3H3/b10-7-,12-9-,19-16-,20-17-,21-18-,28-25-,29-26-,32-31-,35-34-,38-37-,41-40-,44-27-,53-50-. The largest absolute Gasteiger partial charge is 0.462 e. The smallest absolute Gasteiger partial charge is 0.306 e. The van der Waals surface area contributed by atoms with Crippen LogP contribution in [0.15, 0.2) is 158 Å². The van der Waals surface area contributed by atoms with Gasteiger partial charge in [-0.3, -0.25) is 14.4 Å². The van der Waals surface area contributed by atoms with Crippen molar-refractivity contribution in [1.82, 2.24) is 0 Å². The van der Waals surface area contributed by atoms with E-state index in [1.54, 1.807) is 0 Å². The van der Waals surface area contributed by atoms with Crippen LogP contribution < -0.4 is 0 Å². The third-order valence-electron chi connectivity index (χ3n) is 13.0. The summed E-state index contributed by atoms with van der Waals surface area (Å²) in [4.78, 5) is 38.3. The SMILES string of the molecule is CC/C=C\C/C=C\C/C=C\C/C=C\C/C=C\C/C=C\C/C=C\CCCCCCCCCC(=O)OCC(COC(=O)CCCC/C=C\C/C=C\C/C=C\C/C=C\CC)OC(=O)CCCCCCCCC/C=C\C/C=C\CCCCC. The van der Waals surface area contributed by atoms with Gasteiger partial charge in [-0.2, -0.15) is 0 Å². The Morgan fingerprint density at radius 2 is 0.494 bits per heavy atom. The average molecular weight is 1090 g/mol.